The van der Waals surface area contributed by atoms with Gasteiger partial charge in [0, 0.05) is 35.9 Å². The van der Waals surface area contributed by atoms with Crippen LogP contribution in [0.25, 0.3) is 21.9 Å². The molecule has 0 atom stereocenters. The number of aliphatic imine (C=N–C) groups is 1. The second-order valence-electron chi connectivity index (χ2n) is 5.44. The minimum Gasteiger partial charge on any atom is -0.361 e. The molecule has 0 radical (unpaired) electrons. The topological polar surface area (TPSA) is 46.0 Å². The monoisotopic (exact) mass is 288 g/mol. The van der Waals surface area contributed by atoms with Crippen molar-refractivity contribution < 1.29 is 0 Å². The fourth-order valence-corrected chi connectivity index (χ4v) is 2.73. The van der Waals surface area contributed by atoms with Crippen molar-refractivity contribution in [2.24, 2.45) is 12.0 Å². The van der Waals surface area contributed by atoms with Crippen molar-refractivity contribution >= 4 is 33.8 Å². The first-order chi connectivity index (χ1) is 10.7. The Bertz CT molecular complexity index is 1000. The standard InChI is InChI=1S/C18H16N4/c1-12-21-17-9-14(7-8-18(17)22(12)2)19-10-13-11-20-16-6-4-3-5-15(13)16/h3-11,20H,1-2H3. The van der Waals surface area contributed by atoms with Crippen LogP contribution in [0.4, 0.5) is 5.69 Å². The van der Waals surface area contributed by atoms with Crippen LogP contribution < -0.4 is 0 Å². The van der Waals surface area contributed by atoms with E-state index in [0.29, 0.717) is 0 Å². The lowest BCUT2D eigenvalue weighted by Crippen LogP contribution is -1.89. The number of aromatic amines is 1. The molecule has 0 amide bonds. The zero-order chi connectivity index (χ0) is 15.1. The van der Waals surface area contributed by atoms with E-state index in [-0.39, 0.29) is 0 Å². The molecule has 4 aromatic rings. The summed E-state index contributed by atoms with van der Waals surface area (Å²) in [6.45, 7) is 2.01. The molecule has 2 aromatic carbocycles. The Hall–Kier alpha value is -2.88. The predicted octanol–water partition coefficient (Wildman–Crippen LogP) is 4.11. The molecule has 22 heavy (non-hydrogen) atoms. The molecule has 0 spiro atoms. The number of benzene rings is 2. The second kappa shape index (κ2) is 4.84. The number of fused-ring (bicyclic) bond motifs is 2. The summed E-state index contributed by atoms with van der Waals surface area (Å²) in [5.74, 6) is 1.01. The minimum atomic E-state index is 0.913. The molecular weight excluding hydrogens is 272 g/mol. The van der Waals surface area contributed by atoms with Crippen molar-refractivity contribution in [3.8, 4) is 0 Å². The average Bonchev–Trinajstić information content (AvgIpc) is 3.07. The highest BCUT2D eigenvalue weighted by atomic mass is 15.0. The number of aryl methyl sites for hydroxylation is 2. The summed E-state index contributed by atoms with van der Waals surface area (Å²) in [7, 11) is 2.03. The Morgan fingerprint density at radius 1 is 1.18 bits per heavy atom. The summed E-state index contributed by atoms with van der Waals surface area (Å²) < 4.78 is 2.09. The van der Waals surface area contributed by atoms with Crippen molar-refractivity contribution in [1.29, 1.82) is 0 Å². The van der Waals surface area contributed by atoms with Gasteiger partial charge in [-0.2, -0.15) is 0 Å². The maximum atomic E-state index is 4.59. The van der Waals surface area contributed by atoms with Crippen LogP contribution >= 0.6 is 0 Å². The van der Waals surface area contributed by atoms with Gasteiger partial charge in [-0.05, 0) is 31.2 Å². The van der Waals surface area contributed by atoms with Gasteiger partial charge in [0.05, 0.1) is 16.7 Å². The molecule has 2 aromatic heterocycles. The first-order valence-corrected chi connectivity index (χ1v) is 7.25. The van der Waals surface area contributed by atoms with Crippen LogP contribution in [0, 0.1) is 6.92 Å². The Kier molecular flexibility index (Phi) is 2.82. The number of aromatic nitrogens is 3. The largest absolute Gasteiger partial charge is 0.361 e. The molecule has 0 fully saturated rings. The van der Waals surface area contributed by atoms with E-state index in [1.165, 1.54) is 5.39 Å². The van der Waals surface area contributed by atoms with Gasteiger partial charge < -0.3 is 9.55 Å². The summed E-state index contributed by atoms with van der Waals surface area (Å²) >= 11 is 0. The number of rotatable bonds is 2. The molecule has 108 valence electrons. The third kappa shape index (κ3) is 2.00. The number of para-hydroxylation sites is 1. The highest BCUT2D eigenvalue weighted by molar-refractivity contribution is 5.99. The number of imidazole rings is 1. The van der Waals surface area contributed by atoms with E-state index in [0.717, 1.165) is 33.6 Å². The molecular formula is C18H16N4. The molecule has 0 aliphatic heterocycles. The van der Waals surface area contributed by atoms with Gasteiger partial charge in [-0.1, -0.05) is 18.2 Å². The summed E-state index contributed by atoms with van der Waals surface area (Å²) in [5.41, 5.74) is 5.24. The smallest absolute Gasteiger partial charge is 0.106 e. The molecule has 4 rings (SSSR count). The number of hydrogen-bond donors (Lipinski definition) is 1. The van der Waals surface area contributed by atoms with Crippen LogP contribution in [0.15, 0.2) is 53.7 Å². The molecule has 4 nitrogen and oxygen atoms in total. The normalized spacial score (nSPS) is 11.9. The Morgan fingerprint density at radius 2 is 2.05 bits per heavy atom. The zero-order valence-corrected chi connectivity index (χ0v) is 12.5. The van der Waals surface area contributed by atoms with Crippen molar-refractivity contribution in [2.75, 3.05) is 0 Å². The Balaban J connectivity index is 1.73. The van der Waals surface area contributed by atoms with Gasteiger partial charge in [-0.25, -0.2) is 4.98 Å². The SMILES string of the molecule is Cc1nc2cc(N=Cc3c[nH]c4ccccc34)ccc2n1C. The predicted molar refractivity (Wildman–Crippen MR) is 91.0 cm³/mol. The third-order valence-electron chi connectivity index (χ3n) is 4.06. The Morgan fingerprint density at radius 3 is 2.95 bits per heavy atom. The minimum absolute atomic E-state index is 0.913. The summed E-state index contributed by atoms with van der Waals surface area (Å²) in [6.07, 6.45) is 3.88. The average molecular weight is 288 g/mol. The van der Waals surface area contributed by atoms with Crippen molar-refractivity contribution in [3.05, 3.63) is 60.0 Å². The van der Waals surface area contributed by atoms with Crippen LogP contribution in [0.3, 0.4) is 0 Å². The molecule has 0 aliphatic carbocycles. The third-order valence-corrected chi connectivity index (χ3v) is 4.06. The summed E-state index contributed by atoms with van der Waals surface area (Å²) in [6, 6.07) is 14.3. The lowest BCUT2D eigenvalue weighted by molar-refractivity contribution is 0.886. The molecule has 0 bridgehead atoms. The van der Waals surface area contributed by atoms with Gasteiger partial charge in [0.25, 0.3) is 0 Å². The lowest BCUT2D eigenvalue weighted by atomic mass is 10.2. The molecule has 0 saturated heterocycles. The van der Waals surface area contributed by atoms with E-state index in [4.69, 9.17) is 0 Å². The molecule has 0 unspecified atom stereocenters. The Labute approximate surface area is 128 Å². The first-order valence-electron chi connectivity index (χ1n) is 7.25. The van der Waals surface area contributed by atoms with Gasteiger partial charge in [0.2, 0.25) is 0 Å². The van der Waals surface area contributed by atoms with Gasteiger partial charge in [0.1, 0.15) is 5.82 Å². The summed E-state index contributed by atoms with van der Waals surface area (Å²) in [4.78, 5) is 12.4. The van der Waals surface area contributed by atoms with Crippen molar-refractivity contribution in [2.45, 2.75) is 6.92 Å². The highest BCUT2D eigenvalue weighted by Crippen LogP contribution is 2.22. The van der Waals surface area contributed by atoms with Crippen LogP contribution in [0.5, 0.6) is 0 Å². The molecule has 0 aliphatic rings. The van der Waals surface area contributed by atoms with E-state index < -0.39 is 0 Å². The number of nitrogens with zero attached hydrogens (tertiary/aromatic N) is 3. The number of hydrogen-bond acceptors (Lipinski definition) is 2. The lowest BCUT2D eigenvalue weighted by Gasteiger charge is -1.97. The first kappa shape index (κ1) is 12.8. The quantitative estimate of drug-likeness (QED) is 0.554. The maximum absolute atomic E-state index is 4.59. The fourth-order valence-electron chi connectivity index (χ4n) is 2.73. The van der Waals surface area contributed by atoms with E-state index in [1.54, 1.807) is 0 Å². The fraction of sp³-hybridized carbons (Fsp3) is 0.111. The molecule has 4 heteroatoms. The molecule has 1 N–H and O–H groups in total. The van der Waals surface area contributed by atoms with Gasteiger partial charge in [0.15, 0.2) is 0 Å². The van der Waals surface area contributed by atoms with E-state index in [9.17, 15) is 0 Å². The number of H-pyrrole nitrogens is 1. The van der Waals surface area contributed by atoms with E-state index in [2.05, 4.69) is 37.7 Å². The highest BCUT2D eigenvalue weighted by Gasteiger charge is 2.04. The van der Waals surface area contributed by atoms with Gasteiger partial charge >= 0.3 is 0 Å². The van der Waals surface area contributed by atoms with Gasteiger partial charge in [-0.15, -0.1) is 0 Å². The maximum Gasteiger partial charge on any atom is 0.106 e. The van der Waals surface area contributed by atoms with E-state index >= 15 is 0 Å². The number of nitrogens with one attached hydrogen (secondary N) is 1. The van der Waals surface area contributed by atoms with E-state index in [1.807, 2.05) is 50.6 Å². The van der Waals surface area contributed by atoms with Crippen LogP contribution in [0.1, 0.15) is 11.4 Å². The van der Waals surface area contributed by atoms with Crippen molar-refractivity contribution in [1.82, 2.24) is 14.5 Å². The second-order valence-corrected chi connectivity index (χ2v) is 5.44. The van der Waals surface area contributed by atoms with Gasteiger partial charge in [-0.3, -0.25) is 4.99 Å². The van der Waals surface area contributed by atoms with Crippen LogP contribution in [-0.2, 0) is 7.05 Å². The zero-order valence-electron chi connectivity index (χ0n) is 12.5. The molecule has 2 heterocycles. The van der Waals surface area contributed by atoms with Crippen LogP contribution in [-0.4, -0.2) is 20.7 Å². The molecule has 0 saturated carbocycles. The summed E-state index contributed by atoms with van der Waals surface area (Å²) in [5, 5.41) is 1.18. The van der Waals surface area contributed by atoms with Crippen molar-refractivity contribution in [3.63, 3.8) is 0 Å². The van der Waals surface area contributed by atoms with Crippen LogP contribution in [0.2, 0.25) is 0 Å².